The second kappa shape index (κ2) is 7.74. The molecule has 0 radical (unpaired) electrons. The maximum absolute atomic E-state index is 13.0. The van der Waals surface area contributed by atoms with E-state index in [9.17, 15) is 9.18 Å². The van der Waals surface area contributed by atoms with E-state index in [4.69, 9.17) is 4.74 Å². The van der Waals surface area contributed by atoms with Crippen molar-refractivity contribution in [3.8, 4) is 17.0 Å². The van der Waals surface area contributed by atoms with Crippen molar-refractivity contribution in [1.29, 1.82) is 0 Å². The molecule has 0 spiro atoms. The molecule has 0 saturated heterocycles. The van der Waals surface area contributed by atoms with Gasteiger partial charge in [-0.2, -0.15) is 0 Å². The van der Waals surface area contributed by atoms with E-state index in [1.165, 1.54) is 47.5 Å². The number of fused-ring (bicyclic) bond motifs is 1. The summed E-state index contributed by atoms with van der Waals surface area (Å²) < 4.78 is 18.7. The third-order valence-corrected chi connectivity index (χ3v) is 5.05. The maximum atomic E-state index is 13.0. The van der Waals surface area contributed by atoms with Crippen LogP contribution in [0.1, 0.15) is 5.56 Å². The number of nitrogens with zero attached hydrogens (tertiary/aromatic N) is 2. The number of aryl methyl sites for hydroxylation is 1. The van der Waals surface area contributed by atoms with E-state index >= 15 is 0 Å². The number of carbonyl (C=O) groups excluding carboxylic acids is 1. The van der Waals surface area contributed by atoms with Crippen LogP contribution in [-0.2, 0) is 4.79 Å². The highest BCUT2D eigenvalue weighted by Crippen LogP contribution is 2.37. The predicted molar refractivity (Wildman–Crippen MR) is 108 cm³/mol. The van der Waals surface area contributed by atoms with Crippen molar-refractivity contribution in [2.24, 2.45) is 0 Å². The molecular formula is C21H16FN3O2S. The highest BCUT2D eigenvalue weighted by molar-refractivity contribution is 7.17. The second-order valence-corrected chi connectivity index (χ2v) is 7.08. The molecule has 2 aromatic carbocycles. The van der Waals surface area contributed by atoms with Gasteiger partial charge in [-0.3, -0.25) is 4.79 Å². The smallest absolute Gasteiger partial charge is 0.262 e. The van der Waals surface area contributed by atoms with Crippen LogP contribution in [0, 0.1) is 12.7 Å². The van der Waals surface area contributed by atoms with E-state index < -0.39 is 0 Å². The first kappa shape index (κ1) is 18.1. The van der Waals surface area contributed by atoms with Gasteiger partial charge >= 0.3 is 0 Å². The predicted octanol–water partition coefficient (Wildman–Crippen LogP) is 4.82. The lowest BCUT2D eigenvalue weighted by atomic mass is 10.0. The first-order valence-corrected chi connectivity index (χ1v) is 9.45. The molecule has 0 bridgehead atoms. The van der Waals surface area contributed by atoms with Crippen molar-refractivity contribution in [3.05, 3.63) is 71.6 Å². The van der Waals surface area contributed by atoms with Crippen LogP contribution < -0.4 is 10.1 Å². The zero-order valence-electron chi connectivity index (χ0n) is 15.0. The molecule has 4 aromatic rings. The van der Waals surface area contributed by atoms with Gasteiger partial charge in [0.1, 0.15) is 17.0 Å². The Labute approximate surface area is 164 Å². The molecule has 1 amide bonds. The van der Waals surface area contributed by atoms with Gasteiger partial charge in [-0.25, -0.2) is 14.4 Å². The van der Waals surface area contributed by atoms with Gasteiger partial charge in [0.05, 0.1) is 5.39 Å². The number of nitrogens with one attached hydrogen (secondary N) is 1. The van der Waals surface area contributed by atoms with Crippen molar-refractivity contribution in [3.63, 3.8) is 0 Å². The van der Waals surface area contributed by atoms with Gasteiger partial charge in [0.25, 0.3) is 5.91 Å². The van der Waals surface area contributed by atoms with Crippen molar-refractivity contribution in [1.82, 2.24) is 9.97 Å². The highest BCUT2D eigenvalue weighted by Gasteiger charge is 2.15. The number of rotatable bonds is 5. The van der Waals surface area contributed by atoms with Gasteiger partial charge in [-0.1, -0.05) is 29.8 Å². The Hall–Kier alpha value is -3.32. The van der Waals surface area contributed by atoms with Crippen LogP contribution in [0.4, 0.5) is 10.1 Å². The quantitative estimate of drug-likeness (QED) is 0.528. The minimum absolute atomic E-state index is 0.216. The number of halogens is 1. The molecule has 0 fully saturated rings. The maximum Gasteiger partial charge on any atom is 0.262 e. The monoisotopic (exact) mass is 393 g/mol. The SMILES string of the molecule is Cc1ccc(-c2csc3ncnc(OCC(=O)Nc4ccc(F)cc4)c23)cc1. The molecule has 0 aliphatic rings. The van der Waals surface area contributed by atoms with Crippen LogP contribution in [0.2, 0.25) is 0 Å². The number of carbonyl (C=O) groups is 1. The Kier molecular flexibility index (Phi) is 4.99. The Morgan fingerprint density at radius 2 is 1.86 bits per heavy atom. The standard InChI is InChI=1S/C21H16FN3O2S/c1-13-2-4-14(5-3-13)17-11-28-21-19(17)20(23-12-24-21)27-10-18(26)25-16-8-6-15(22)7-9-16/h2-9,11-12H,10H2,1H3,(H,25,26). The van der Waals surface area contributed by atoms with E-state index in [0.717, 1.165) is 21.3 Å². The molecule has 28 heavy (non-hydrogen) atoms. The minimum atomic E-state index is -0.362. The molecule has 0 aliphatic heterocycles. The van der Waals surface area contributed by atoms with E-state index in [0.29, 0.717) is 11.6 Å². The average Bonchev–Trinajstić information content (AvgIpc) is 3.13. The van der Waals surface area contributed by atoms with Gasteiger partial charge < -0.3 is 10.1 Å². The van der Waals surface area contributed by atoms with E-state index in [1.54, 1.807) is 0 Å². The van der Waals surface area contributed by atoms with Crippen LogP contribution in [0.5, 0.6) is 5.88 Å². The van der Waals surface area contributed by atoms with Gasteiger partial charge in [0.15, 0.2) is 6.61 Å². The number of thiophene rings is 1. The van der Waals surface area contributed by atoms with Crippen LogP contribution in [0.3, 0.4) is 0 Å². The fourth-order valence-corrected chi connectivity index (χ4v) is 3.67. The van der Waals surface area contributed by atoms with E-state index in [2.05, 4.69) is 15.3 Å². The van der Waals surface area contributed by atoms with Crippen LogP contribution in [0.25, 0.3) is 21.3 Å². The summed E-state index contributed by atoms with van der Waals surface area (Å²) in [5.74, 6) is -0.361. The molecule has 2 aromatic heterocycles. The van der Waals surface area contributed by atoms with Crippen LogP contribution in [-0.4, -0.2) is 22.5 Å². The Morgan fingerprint density at radius 3 is 2.61 bits per heavy atom. The fraction of sp³-hybridized carbons (Fsp3) is 0.0952. The number of aromatic nitrogens is 2. The van der Waals surface area contributed by atoms with Gasteiger partial charge in [-0.05, 0) is 36.8 Å². The number of hydrogen-bond acceptors (Lipinski definition) is 5. The lowest BCUT2D eigenvalue weighted by Crippen LogP contribution is -2.20. The summed E-state index contributed by atoms with van der Waals surface area (Å²) in [5, 5.41) is 5.46. The lowest BCUT2D eigenvalue weighted by molar-refractivity contribution is -0.118. The summed E-state index contributed by atoms with van der Waals surface area (Å²) in [6, 6.07) is 13.7. The van der Waals surface area contributed by atoms with Crippen LogP contribution >= 0.6 is 11.3 Å². The molecule has 0 atom stereocenters. The lowest BCUT2D eigenvalue weighted by Gasteiger charge is -2.09. The number of anilines is 1. The summed E-state index contributed by atoms with van der Waals surface area (Å²) in [4.78, 5) is 21.5. The highest BCUT2D eigenvalue weighted by atomic mass is 32.1. The second-order valence-electron chi connectivity index (χ2n) is 6.22. The molecule has 0 saturated carbocycles. The Bertz CT molecular complexity index is 1120. The van der Waals surface area contributed by atoms with Crippen LogP contribution in [0.15, 0.2) is 60.2 Å². The molecule has 0 unspecified atom stereocenters. The zero-order chi connectivity index (χ0) is 19.5. The number of ether oxygens (including phenoxy) is 1. The van der Waals surface area contributed by atoms with E-state index in [-0.39, 0.29) is 18.3 Å². The first-order chi connectivity index (χ1) is 13.6. The van der Waals surface area contributed by atoms with Gasteiger partial charge in [0.2, 0.25) is 5.88 Å². The van der Waals surface area contributed by atoms with Crippen molar-refractivity contribution >= 4 is 33.1 Å². The molecule has 4 rings (SSSR count). The van der Waals surface area contributed by atoms with Crippen molar-refractivity contribution in [2.45, 2.75) is 6.92 Å². The molecular weight excluding hydrogens is 377 g/mol. The molecule has 1 N–H and O–H groups in total. The normalized spacial score (nSPS) is 10.8. The third kappa shape index (κ3) is 3.84. The topological polar surface area (TPSA) is 64.1 Å². The zero-order valence-corrected chi connectivity index (χ0v) is 15.8. The molecule has 7 heteroatoms. The molecule has 2 heterocycles. The molecule has 5 nitrogen and oxygen atoms in total. The summed E-state index contributed by atoms with van der Waals surface area (Å²) in [7, 11) is 0. The number of amides is 1. The van der Waals surface area contributed by atoms with E-state index in [1.807, 2.05) is 36.6 Å². The van der Waals surface area contributed by atoms with Crippen molar-refractivity contribution < 1.29 is 13.9 Å². The third-order valence-electron chi connectivity index (χ3n) is 4.17. The number of benzene rings is 2. The Morgan fingerprint density at radius 1 is 1.11 bits per heavy atom. The first-order valence-electron chi connectivity index (χ1n) is 8.57. The molecule has 0 aliphatic carbocycles. The fourth-order valence-electron chi connectivity index (χ4n) is 2.77. The summed E-state index contributed by atoms with van der Waals surface area (Å²) in [6.45, 7) is 1.82. The van der Waals surface area contributed by atoms with Gasteiger partial charge in [-0.15, -0.1) is 11.3 Å². The summed E-state index contributed by atoms with van der Waals surface area (Å²) in [6.07, 6.45) is 1.42. The van der Waals surface area contributed by atoms with Crippen molar-refractivity contribution in [2.75, 3.05) is 11.9 Å². The largest absolute Gasteiger partial charge is 0.467 e. The van der Waals surface area contributed by atoms with Gasteiger partial charge in [0, 0.05) is 16.6 Å². The minimum Gasteiger partial charge on any atom is -0.467 e. The average molecular weight is 393 g/mol. The Balaban J connectivity index is 1.55. The molecule has 140 valence electrons. The number of hydrogen-bond donors (Lipinski definition) is 1. The summed E-state index contributed by atoms with van der Waals surface area (Å²) in [5.41, 5.74) is 3.67. The summed E-state index contributed by atoms with van der Waals surface area (Å²) >= 11 is 1.50.